The molecule has 2 aromatic rings. The van der Waals surface area contributed by atoms with Crippen LogP contribution in [0.1, 0.15) is 15.9 Å². The van der Waals surface area contributed by atoms with Gasteiger partial charge in [0.15, 0.2) is 0 Å². The number of carbonyl (C=O) groups excluding carboxylic acids is 1. The third-order valence-corrected chi connectivity index (χ3v) is 3.02. The van der Waals surface area contributed by atoms with Crippen LogP contribution in [0.2, 0.25) is 0 Å². The molecule has 1 amide bonds. The van der Waals surface area contributed by atoms with Crippen molar-refractivity contribution in [3.63, 3.8) is 0 Å². The molecule has 0 aliphatic heterocycles. The highest BCUT2D eigenvalue weighted by molar-refractivity contribution is 9.10. The average Bonchev–Trinajstić information content (AvgIpc) is 2.35. The summed E-state index contributed by atoms with van der Waals surface area (Å²) < 4.78 is 0.775. The van der Waals surface area contributed by atoms with E-state index in [0.717, 1.165) is 10.0 Å². The SMILES string of the molecule is Cc1c(N)cc(Br)cc1C(=O)Nc1ccccn1. The fourth-order valence-electron chi connectivity index (χ4n) is 1.56. The molecule has 0 aliphatic rings. The zero-order valence-electron chi connectivity index (χ0n) is 9.77. The molecule has 1 heterocycles. The maximum Gasteiger partial charge on any atom is 0.257 e. The zero-order valence-corrected chi connectivity index (χ0v) is 11.4. The number of amides is 1. The van der Waals surface area contributed by atoms with E-state index < -0.39 is 0 Å². The molecule has 0 radical (unpaired) electrons. The van der Waals surface area contributed by atoms with Gasteiger partial charge in [-0.05, 0) is 36.8 Å². The third kappa shape index (κ3) is 2.68. The molecule has 0 spiro atoms. The first-order chi connectivity index (χ1) is 8.58. The Hall–Kier alpha value is -1.88. The molecule has 0 unspecified atom stereocenters. The number of aromatic nitrogens is 1. The minimum Gasteiger partial charge on any atom is -0.398 e. The number of nitrogens with two attached hydrogens (primary N) is 1. The number of pyridine rings is 1. The highest BCUT2D eigenvalue weighted by atomic mass is 79.9. The molecule has 0 aliphatic carbocycles. The van der Waals surface area contributed by atoms with Crippen LogP contribution in [0.25, 0.3) is 0 Å². The third-order valence-electron chi connectivity index (χ3n) is 2.56. The summed E-state index contributed by atoms with van der Waals surface area (Å²) >= 11 is 3.33. The Labute approximate surface area is 113 Å². The van der Waals surface area contributed by atoms with Crippen molar-refractivity contribution in [2.45, 2.75) is 6.92 Å². The molecule has 4 nitrogen and oxygen atoms in total. The Morgan fingerprint density at radius 3 is 2.83 bits per heavy atom. The van der Waals surface area contributed by atoms with Crippen molar-refractivity contribution < 1.29 is 4.79 Å². The van der Waals surface area contributed by atoms with Crippen molar-refractivity contribution in [3.8, 4) is 0 Å². The van der Waals surface area contributed by atoms with Crippen molar-refractivity contribution in [1.82, 2.24) is 4.98 Å². The van der Waals surface area contributed by atoms with Crippen LogP contribution in [0.15, 0.2) is 41.0 Å². The summed E-state index contributed by atoms with van der Waals surface area (Å²) in [5, 5.41) is 2.73. The molecule has 1 aromatic carbocycles. The van der Waals surface area contributed by atoms with Gasteiger partial charge < -0.3 is 11.1 Å². The second-order valence-corrected chi connectivity index (χ2v) is 4.75. The molecule has 1 aromatic heterocycles. The largest absolute Gasteiger partial charge is 0.398 e. The molecular weight excluding hydrogens is 294 g/mol. The highest BCUT2D eigenvalue weighted by Crippen LogP contribution is 2.23. The maximum atomic E-state index is 12.1. The van der Waals surface area contributed by atoms with Crippen LogP contribution in [0.3, 0.4) is 0 Å². The van der Waals surface area contributed by atoms with Gasteiger partial charge in [0.2, 0.25) is 0 Å². The number of anilines is 2. The molecule has 18 heavy (non-hydrogen) atoms. The lowest BCUT2D eigenvalue weighted by Crippen LogP contribution is -2.15. The molecule has 3 N–H and O–H groups in total. The lowest BCUT2D eigenvalue weighted by Gasteiger charge is -2.09. The van der Waals surface area contributed by atoms with Gasteiger partial charge in [-0.3, -0.25) is 4.79 Å². The van der Waals surface area contributed by atoms with Crippen LogP contribution in [-0.4, -0.2) is 10.9 Å². The molecule has 2 rings (SSSR count). The number of nitrogens with one attached hydrogen (secondary N) is 1. The van der Waals surface area contributed by atoms with E-state index in [9.17, 15) is 4.79 Å². The van der Waals surface area contributed by atoms with E-state index >= 15 is 0 Å². The fraction of sp³-hybridized carbons (Fsp3) is 0.0769. The summed E-state index contributed by atoms with van der Waals surface area (Å²) in [5.74, 6) is 0.291. The van der Waals surface area contributed by atoms with E-state index in [2.05, 4.69) is 26.2 Å². The second-order valence-electron chi connectivity index (χ2n) is 3.84. The van der Waals surface area contributed by atoms with Gasteiger partial charge in [-0.25, -0.2) is 4.98 Å². The van der Waals surface area contributed by atoms with Crippen molar-refractivity contribution in [2.75, 3.05) is 11.1 Å². The normalized spacial score (nSPS) is 10.1. The van der Waals surface area contributed by atoms with Crippen molar-refractivity contribution in [3.05, 3.63) is 52.1 Å². The van der Waals surface area contributed by atoms with Crippen molar-refractivity contribution >= 4 is 33.3 Å². The quantitative estimate of drug-likeness (QED) is 0.838. The van der Waals surface area contributed by atoms with Gasteiger partial charge in [0.05, 0.1) is 0 Å². The van der Waals surface area contributed by atoms with E-state index in [4.69, 9.17) is 5.73 Å². The number of hydrogen-bond acceptors (Lipinski definition) is 3. The molecule has 0 bridgehead atoms. The van der Waals surface area contributed by atoms with Crippen LogP contribution in [0.5, 0.6) is 0 Å². The first kappa shape index (κ1) is 12.6. The Kier molecular flexibility index (Phi) is 3.62. The van der Waals surface area contributed by atoms with Gasteiger partial charge in [-0.1, -0.05) is 22.0 Å². The number of nitrogens with zero attached hydrogens (tertiary/aromatic N) is 1. The molecule has 0 saturated carbocycles. The average molecular weight is 306 g/mol. The first-order valence-electron chi connectivity index (χ1n) is 5.36. The topological polar surface area (TPSA) is 68.0 Å². The lowest BCUT2D eigenvalue weighted by atomic mass is 10.1. The van der Waals surface area contributed by atoms with E-state index in [0.29, 0.717) is 17.1 Å². The highest BCUT2D eigenvalue weighted by Gasteiger charge is 2.12. The maximum absolute atomic E-state index is 12.1. The zero-order chi connectivity index (χ0) is 13.1. The summed E-state index contributed by atoms with van der Waals surface area (Å²) in [4.78, 5) is 16.2. The predicted molar refractivity (Wildman–Crippen MR) is 75.5 cm³/mol. The number of rotatable bonds is 2. The Morgan fingerprint density at radius 1 is 1.39 bits per heavy atom. The number of carbonyl (C=O) groups is 1. The van der Waals surface area contributed by atoms with Gasteiger partial charge in [0, 0.05) is 21.9 Å². The number of halogens is 1. The molecule has 5 heteroatoms. The minimum atomic E-state index is -0.223. The van der Waals surface area contributed by atoms with E-state index in [-0.39, 0.29) is 5.91 Å². The van der Waals surface area contributed by atoms with E-state index in [1.165, 1.54) is 0 Å². The van der Waals surface area contributed by atoms with Gasteiger partial charge in [-0.2, -0.15) is 0 Å². The molecule has 92 valence electrons. The number of hydrogen-bond donors (Lipinski definition) is 2. The van der Waals surface area contributed by atoms with Gasteiger partial charge in [0.25, 0.3) is 5.91 Å². The van der Waals surface area contributed by atoms with E-state index in [1.54, 1.807) is 30.5 Å². The Balaban J connectivity index is 2.30. The van der Waals surface area contributed by atoms with Crippen LogP contribution >= 0.6 is 15.9 Å². The number of benzene rings is 1. The van der Waals surface area contributed by atoms with E-state index in [1.807, 2.05) is 13.0 Å². The first-order valence-corrected chi connectivity index (χ1v) is 6.15. The smallest absolute Gasteiger partial charge is 0.257 e. The van der Waals surface area contributed by atoms with Crippen LogP contribution < -0.4 is 11.1 Å². The molecule has 0 atom stereocenters. The van der Waals surface area contributed by atoms with Gasteiger partial charge in [-0.15, -0.1) is 0 Å². The summed E-state index contributed by atoms with van der Waals surface area (Å²) in [5.41, 5.74) is 7.70. The standard InChI is InChI=1S/C13H12BrN3O/c1-8-10(6-9(14)7-11(8)15)13(18)17-12-4-2-3-5-16-12/h2-7H,15H2,1H3,(H,16,17,18). The number of nitrogen functional groups attached to an aromatic ring is 1. The monoisotopic (exact) mass is 305 g/mol. The molecule has 0 saturated heterocycles. The van der Waals surface area contributed by atoms with Gasteiger partial charge >= 0.3 is 0 Å². The Bertz CT molecular complexity index is 584. The van der Waals surface area contributed by atoms with Crippen LogP contribution in [0, 0.1) is 6.92 Å². The summed E-state index contributed by atoms with van der Waals surface area (Å²) in [6.45, 7) is 1.81. The van der Waals surface area contributed by atoms with Gasteiger partial charge in [0.1, 0.15) is 5.82 Å². The second kappa shape index (κ2) is 5.18. The minimum absolute atomic E-state index is 0.223. The van der Waals surface area contributed by atoms with Crippen molar-refractivity contribution in [2.24, 2.45) is 0 Å². The predicted octanol–water partition coefficient (Wildman–Crippen LogP) is 2.99. The summed E-state index contributed by atoms with van der Waals surface area (Å²) in [6.07, 6.45) is 1.62. The van der Waals surface area contributed by atoms with Crippen molar-refractivity contribution in [1.29, 1.82) is 0 Å². The molecular formula is C13H12BrN3O. The lowest BCUT2D eigenvalue weighted by molar-refractivity contribution is 0.102. The summed E-state index contributed by atoms with van der Waals surface area (Å²) in [7, 11) is 0. The fourth-order valence-corrected chi connectivity index (χ4v) is 2.03. The summed E-state index contributed by atoms with van der Waals surface area (Å²) in [6, 6.07) is 8.84. The molecule has 0 fully saturated rings. The Morgan fingerprint density at radius 2 is 2.17 bits per heavy atom. The van der Waals surface area contributed by atoms with Crippen LogP contribution in [-0.2, 0) is 0 Å². The van der Waals surface area contributed by atoms with Crippen LogP contribution in [0.4, 0.5) is 11.5 Å².